The Kier molecular flexibility index (Phi) is 8.17. The molecule has 0 saturated carbocycles. The van der Waals surface area contributed by atoms with Gasteiger partial charge in [-0.3, -0.25) is 9.10 Å². The molecule has 1 aromatic heterocycles. The van der Waals surface area contributed by atoms with Crippen molar-refractivity contribution in [3.05, 3.63) is 28.2 Å². The second-order valence-electron chi connectivity index (χ2n) is 5.39. The fourth-order valence-corrected chi connectivity index (χ4v) is 5.05. The van der Waals surface area contributed by atoms with Gasteiger partial charge in [0.2, 0.25) is 21.1 Å². The molecule has 12 heteroatoms. The molecule has 0 bridgehead atoms. The number of thioether (sulfide) groups is 1. The zero-order chi connectivity index (χ0) is 20.0. The van der Waals surface area contributed by atoms with E-state index in [1.807, 2.05) is 6.92 Å². The van der Waals surface area contributed by atoms with Crippen molar-refractivity contribution in [2.45, 2.75) is 24.1 Å². The highest BCUT2D eigenvalue weighted by Gasteiger charge is 2.19. The normalized spacial score (nSPS) is 11.4. The van der Waals surface area contributed by atoms with E-state index in [1.165, 1.54) is 27.8 Å². The molecule has 0 spiro atoms. The molecule has 0 atom stereocenters. The summed E-state index contributed by atoms with van der Waals surface area (Å²) in [5.41, 5.74) is 0.401. The molecule has 1 aromatic carbocycles. The lowest BCUT2D eigenvalue weighted by atomic mass is 10.2. The van der Waals surface area contributed by atoms with E-state index < -0.39 is 10.0 Å². The van der Waals surface area contributed by atoms with Crippen LogP contribution in [0.2, 0.25) is 10.0 Å². The number of carbonyl (C=O) groups excluding carboxylic acids is 1. The zero-order valence-corrected chi connectivity index (χ0v) is 18.6. The van der Waals surface area contributed by atoms with Gasteiger partial charge >= 0.3 is 0 Å². The number of halogens is 2. The molecule has 0 aliphatic heterocycles. The minimum Gasteiger partial charge on any atom is -0.301 e. The number of benzene rings is 1. The van der Waals surface area contributed by atoms with E-state index in [-0.39, 0.29) is 23.9 Å². The third-order valence-electron chi connectivity index (χ3n) is 3.28. The van der Waals surface area contributed by atoms with Gasteiger partial charge < -0.3 is 5.32 Å². The number of nitrogens with zero attached hydrogens (tertiary/aromatic N) is 3. The molecular weight excluding hydrogens is 451 g/mol. The summed E-state index contributed by atoms with van der Waals surface area (Å²) >= 11 is 14.7. The Balaban J connectivity index is 1.94. The second-order valence-corrected chi connectivity index (χ2v) is 10.6. The quantitative estimate of drug-likeness (QED) is 0.438. The lowest BCUT2D eigenvalue weighted by molar-refractivity contribution is -0.116. The number of nitrogens with one attached hydrogen (secondary N) is 1. The molecule has 0 radical (unpaired) electrons. The highest BCUT2D eigenvalue weighted by Crippen LogP contribution is 2.29. The predicted molar refractivity (Wildman–Crippen MR) is 113 cm³/mol. The van der Waals surface area contributed by atoms with E-state index in [0.717, 1.165) is 16.3 Å². The Morgan fingerprint density at radius 1 is 1.30 bits per heavy atom. The monoisotopic (exact) mass is 468 g/mol. The first kappa shape index (κ1) is 22.2. The third-order valence-corrected chi connectivity index (χ3v) is 7.06. The first-order chi connectivity index (χ1) is 12.7. The van der Waals surface area contributed by atoms with Gasteiger partial charge in [-0.1, -0.05) is 53.2 Å². The number of hydrogen-bond donors (Lipinski definition) is 1. The molecule has 27 heavy (non-hydrogen) atoms. The second kappa shape index (κ2) is 9.92. The lowest BCUT2D eigenvalue weighted by Crippen LogP contribution is -2.31. The summed E-state index contributed by atoms with van der Waals surface area (Å²) in [6.45, 7) is 2.14. The number of hydrogen-bond acceptors (Lipinski definition) is 7. The van der Waals surface area contributed by atoms with Gasteiger partial charge in [-0.2, -0.15) is 0 Å². The molecule has 0 unspecified atom stereocenters. The van der Waals surface area contributed by atoms with Gasteiger partial charge in [-0.15, -0.1) is 10.2 Å². The number of carbonyl (C=O) groups is 1. The van der Waals surface area contributed by atoms with Crippen molar-refractivity contribution in [1.29, 1.82) is 0 Å². The maximum atomic E-state index is 12.1. The highest BCUT2D eigenvalue weighted by atomic mass is 35.5. The predicted octanol–water partition coefficient (Wildman–Crippen LogP) is 4.14. The molecule has 2 rings (SSSR count). The Morgan fingerprint density at radius 3 is 2.67 bits per heavy atom. The first-order valence-corrected chi connectivity index (χ1v) is 12.3. The summed E-state index contributed by atoms with van der Waals surface area (Å²) in [4.78, 5) is 12.1. The van der Waals surface area contributed by atoms with Crippen molar-refractivity contribution in [2.75, 3.05) is 28.2 Å². The zero-order valence-electron chi connectivity index (χ0n) is 14.6. The Bertz CT molecular complexity index is 905. The van der Waals surface area contributed by atoms with Crippen molar-refractivity contribution in [3.8, 4) is 0 Å². The van der Waals surface area contributed by atoms with Crippen LogP contribution >= 0.6 is 46.3 Å². The lowest BCUT2D eigenvalue weighted by Gasteiger charge is -2.22. The minimum absolute atomic E-state index is 0.136. The molecule has 1 heterocycles. The molecular formula is C15H18Cl2N4O3S3. The number of amides is 1. The van der Waals surface area contributed by atoms with E-state index in [9.17, 15) is 13.2 Å². The van der Waals surface area contributed by atoms with Gasteiger partial charge in [0.25, 0.3) is 0 Å². The van der Waals surface area contributed by atoms with E-state index >= 15 is 0 Å². The molecule has 2 aromatic rings. The topological polar surface area (TPSA) is 92.3 Å². The summed E-state index contributed by atoms with van der Waals surface area (Å²) in [5.74, 6) is 0.625. The molecule has 1 N–H and O–H groups in total. The van der Waals surface area contributed by atoms with Crippen LogP contribution in [0.3, 0.4) is 0 Å². The first-order valence-electron chi connectivity index (χ1n) is 7.89. The van der Waals surface area contributed by atoms with E-state index in [2.05, 4.69) is 15.5 Å². The maximum Gasteiger partial charge on any atom is 0.232 e. The van der Waals surface area contributed by atoms with Crippen LogP contribution in [0.5, 0.6) is 0 Å². The summed E-state index contributed by atoms with van der Waals surface area (Å²) in [6.07, 6.45) is 1.57. The van der Waals surface area contributed by atoms with E-state index in [0.29, 0.717) is 22.3 Å². The van der Waals surface area contributed by atoms with Crippen molar-refractivity contribution in [1.82, 2.24) is 10.2 Å². The van der Waals surface area contributed by atoms with Gasteiger partial charge in [0.1, 0.15) is 0 Å². The third kappa shape index (κ3) is 6.79. The number of anilines is 2. The SMILES string of the molecule is CCSc1nnc(NC(=O)CCCN(c2ccc(Cl)c(Cl)c2)S(C)(=O)=O)s1. The molecule has 148 valence electrons. The standard InChI is InChI=1S/C15H18Cl2N4O3S3/c1-3-25-15-20-19-14(26-15)18-13(22)5-4-8-21(27(2,23)24)10-6-7-11(16)12(17)9-10/h6-7,9H,3-5,8H2,1-2H3,(H,18,19,22). The average Bonchev–Trinajstić information content (AvgIpc) is 3.00. The van der Waals surface area contributed by atoms with Crippen LogP contribution in [0, 0.1) is 0 Å². The van der Waals surface area contributed by atoms with E-state index in [4.69, 9.17) is 23.2 Å². The minimum atomic E-state index is -3.53. The van der Waals surface area contributed by atoms with Crippen molar-refractivity contribution < 1.29 is 13.2 Å². The van der Waals surface area contributed by atoms with Gasteiger partial charge in [0.15, 0.2) is 4.34 Å². The van der Waals surface area contributed by atoms with Crippen LogP contribution in [0.25, 0.3) is 0 Å². The fourth-order valence-electron chi connectivity index (χ4n) is 2.13. The fraction of sp³-hybridized carbons (Fsp3) is 0.400. The van der Waals surface area contributed by atoms with Crippen molar-refractivity contribution >= 4 is 73.0 Å². The number of rotatable bonds is 9. The summed E-state index contributed by atoms with van der Waals surface area (Å²) < 4.78 is 26.2. The van der Waals surface area contributed by atoms with Crippen LogP contribution < -0.4 is 9.62 Å². The average molecular weight is 469 g/mol. The molecule has 0 aliphatic carbocycles. The Labute approximate surface area is 176 Å². The molecule has 0 fully saturated rings. The molecule has 0 saturated heterocycles. The van der Waals surface area contributed by atoms with Crippen molar-refractivity contribution in [2.24, 2.45) is 0 Å². The van der Waals surface area contributed by atoms with Crippen molar-refractivity contribution in [3.63, 3.8) is 0 Å². The van der Waals surface area contributed by atoms with Gasteiger partial charge in [-0.05, 0) is 30.4 Å². The van der Waals surface area contributed by atoms with Crippen LogP contribution in [-0.2, 0) is 14.8 Å². The summed E-state index contributed by atoms with van der Waals surface area (Å²) in [7, 11) is -3.53. The van der Waals surface area contributed by atoms with E-state index in [1.54, 1.807) is 17.8 Å². The Morgan fingerprint density at radius 2 is 2.04 bits per heavy atom. The summed E-state index contributed by atoms with van der Waals surface area (Å²) in [6, 6.07) is 4.59. The van der Waals surface area contributed by atoms with Crippen LogP contribution in [0.15, 0.2) is 22.5 Å². The van der Waals surface area contributed by atoms with Gasteiger partial charge in [0, 0.05) is 13.0 Å². The smallest absolute Gasteiger partial charge is 0.232 e. The van der Waals surface area contributed by atoms with Crippen LogP contribution in [0.4, 0.5) is 10.8 Å². The number of sulfonamides is 1. The van der Waals surface area contributed by atoms with Crippen LogP contribution in [0.1, 0.15) is 19.8 Å². The number of aromatic nitrogens is 2. The van der Waals surface area contributed by atoms with Gasteiger partial charge in [0.05, 0.1) is 22.0 Å². The molecule has 0 aliphatic rings. The Hall–Kier alpha value is -1.07. The molecule has 1 amide bonds. The molecule has 7 nitrogen and oxygen atoms in total. The summed E-state index contributed by atoms with van der Waals surface area (Å²) in [5, 5.41) is 11.6. The largest absolute Gasteiger partial charge is 0.301 e. The van der Waals surface area contributed by atoms with Crippen LogP contribution in [-0.4, -0.2) is 43.1 Å². The highest BCUT2D eigenvalue weighted by molar-refractivity contribution is 8.01. The maximum absolute atomic E-state index is 12.1. The van der Waals surface area contributed by atoms with Gasteiger partial charge in [-0.25, -0.2) is 8.42 Å².